The molecule has 232 valence electrons. The number of hydrogen-bond donors (Lipinski definition) is 1. The molecule has 0 bridgehead atoms. The zero-order valence-corrected chi connectivity index (χ0v) is 27.1. The summed E-state index contributed by atoms with van der Waals surface area (Å²) in [6.45, 7) is 10.8. The fourth-order valence-electron chi connectivity index (χ4n) is 4.69. The van der Waals surface area contributed by atoms with Crippen LogP contribution in [0.15, 0.2) is 71.6 Å². The lowest BCUT2D eigenvalue weighted by Gasteiger charge is -2.35. The third-order valence-corrected chi connectivity index (χ3v) is 8.82. The number of benzene rings is 3. The van der Waals surface area contributed by atoms with E-state index in [9.17, 15) is 18.0 Å². The van der Waals surface area contributed by atoms with Gasteiger partial charge < -0.3 is 19.7 Å². The number of aryl methyl sites for hydroxylation is 2. The summed E-state index contributed by atoms with van der Waals surface area (Å²) in [6.07, 6.45) is 0.334. The second-order valence-electron chi connectivity index (χ2n) is 11.5. The van der Waals surface area contributed by atoms with Crippen molar-refractivity contribution >= 4 is 27.5 Å². The van der Waals surface area contributed by atoms with Crippen LogP contribution in [0.1, 0.15) is 50.8 Å². The Hall–Kier alpha value is -4.05. The van der Waals surface area contributed by atoms with Crippen molar-refractivity contribution in [2.75, 3.05) is 25.1 Å². The van der Waals surface area contributed by atoms with E-state index in [0.717, 1.165) is 21.0 Å². The highest BCUT2D eigenvalue weighted by atomic mass is 32.2. The normalized spacial score (nSPS) is 12.3. The van der Waals surface area contributed by atoms with Crippen molar-refractivity contribution in [3.63, 3.8) is 0 Å². The van der Waals surface area contributed by atoms with Crippen LogP contribution in [0.5, 0.6) is 11.5 Å². The summed E-state index contributed by atoms with van der Waals surface area (Å²) in [5.74, 6) is -0.110. The summed E-state index contributed by atoms with van der Waals surface area (Å²) in [7, 11) is -1.28. The van der Waals surface area contributed by atoms with Crippen molar-refractivity contribution in [2.45, 2.75) is 71.0 Å². The van der Waals surface area contributed by atoms with Gasteiger partial charge in [0.15, 0.2) is 11.5 Å². The van der Waals surface area contributed by atoms with Crippen molar-refractivity contribution in [2.24, 2.45) is 0 Å². The highest BCUT2D eigenvalue weighted by Gasteiger charge is 2.35. The number of rotatable bonds is 12. The summed E-state index contributed by atoms with van der Waals surface area (Å²) < 4.78 is 40.1. The molecule has 9 nitrogen and oxygen atoms in total. The first-order valence-corrected chi connectivity index (χ1v) is 15.6. The van der Waals surface area contributed by atoms with Crippen molar-refractivity contribution < 1.29 is 27.5 Å². The van der Waals surface area contributed by atoms with Gasteiger partial charge in [-0.15, -0.1) is 0 Å². The Kier molecular flexibility index (Phi) is 10.9. The van der Waals surface area contributed by atoms with Crippen LogP contribution in [0.25, 0.3) is 0 Å². The average Bonchev–Trinajstić information content (AvgIpc) is 2.95. The Morgan fingerprint density at radius 1 is 0.907 bits per heavy atom. The van der Waals surface area contributed by atoms with Gasteiger partial charge in [-0.2, -0.15) is 0 Å². The number of sulfonamides is 1. The molecule has 0 aromatic heterocycles. The minimum atomic E-state index is -4.22. The van der Waals surface area contributed by atoms with Crippen molar-refractivity contribution in [3.05, 3.63) is 83.4 Å². The molecule has 0 aliphatic heterocycles. The maximum atomic E-state index is 14.3. The van der Waals surface area contributed by atoms with E-state index < -0.39 is 34.1 Å². The molecule has 1 atom stereocenters. The average molecular weight is 610 g/mol. The number of nitrogens with zero attached hydrogens (tertiary/aromatic N) is 2. The fourth-order valence-corrected chi connectivity index (χ4v) is 6.10. The second-order valence-corrected chi connectivity index (χ2v) is 13.3. The van der Waals surface area contributed by atoms with Gasteiger partial charge in [-0.05, 0) is 76.4 Å². The van der Waals surface area contributed by atoms with Gasteiger partial charge in [-0.25, -0.2) is 8.42 Å². The largest absolute Gasteiger partial charge is 0.493 e. The van der Waals surface area contributed by atoms with Crippen LogP contribution in [0.2, 0.25) is 0 Å². The second kappa shape index (κ2) is 13.9. The number of nitrogens with one attached hydrogen (secondary N) is 1. The smallest absolute Gasteiger partial charge is 0.264 e. The Labute approximate surface area is 255 Å². The van der Waals surface area contributed by atoms with Gasteiger partial charge in [0.25, 0.3) is 10.0 Å². The molecule has 0 radical (unpaired) electrons. The van der Waals surface area contributed by atoms with Crippen LogP contribution in [0.4, 0.5) is 5.69 Å². The number of amides is 2. The number of anilines is 1. The molecule has 3 aromatic carbocycles. The Morgan fingerprint density at radius 2 is 1.53 bits per heavy atom. The molecule has 1 N–H and O–H groups in total. The zero-order valence-electron chi connectivity index (χ0n) is 26.3. The minimum Gasteiger partial charge on any atom is -0.493 e. The molecule has 43 heavy (non-hydrogen) atoms. The number of methoxy groups -OCH3 is 2. The molecule has 1 unspecified atom stereocenters. The lowest BCUT2D eigenvalue weighted by atomic mass is 10.0. The summed E-state index contributed by atoms with van der Waals surface area (Å²) in [6, 6.07) is 17.9. The van der Waals surface area contributed by atoms with Gasteiger partial charge in [0.05, 0.1) is 24.8 Å². The van der Waals surface area contributed by atoms with Crippen LogP contribution in [-0.2, 0) is 26.2 Å². The van der Waals surface area contributed by atoms with Crippen molar-refractivity contribution in [1.29, 1.82) is 0 Å². The zero-order chi connectivity index (χ0) is 31.9. The SMILES string of the molecule is CCC(C(=O)NC(C)(C)C)N(Cc1ccccc1C)C(=O)CN(c1ccc(OC)c(OC)c1)S(=O)(=O)c1ccc(C)cc1. The molecule has 10 heteroatoms. The van der Waals surface area contributed by atoms with E-state index in [1.807, 2.05) is 65.8 Å². The Morgan fingerprint density at radius 3 is 2.09 bits per heavy atom. The van der Waals surface area contributed by atoms with Crippen LogP contribution < -0.4 is 19.1 Å². The summed E-state index contributed by atoms with van der Waals surface area (Å²) >= 11 is 0. The predicted octanol–water partition coefficient (Wildman–Crippen LogP) is 5.24. The molecule has 0 saturated carbocycles. The van der Waals surface area contributed by atoms with E-state index in [-0.39, 0.29) is 23.0 Å². The predicted molar refractivity (Wildman–Crippen MR) is 169 cm³/mol. The van der Waals surface area contributed by atoms with Crippen molar-refractivity contribution in [3.8, 4) is 11.5 Å². The number of hydrogen-bond acceptors (Lipinski definition) is 6. The summed E-state index contributed by atoms with van der Waals surface area (Å²) in [5.41, 5.74) is 2.40. The van der Waals surface area contributed by atoms with E-state index in [1.54, 1.807) is 24.3 Å². The number of carbonyl (C=O) groups excluding carboxylic acids is 2. The van der Waals surface area contributed by atoms with Crippen LogP contribution >= 0.6 is 0 Å². The third kappa shape index (κ3) is 8.28. The highest BCUT2D eigenvalue weighted by molar-refractivity contribution is 7.92. The molecular weight excluding hydrogens is 566 g/mol. The molecule has 0 spiro atoms. The fraction of sp³-hybridized carbons (Fsp3) is 0.394. The molecule has 0 fully saturated rings. The maximum absolute atomic E-state index is 14.3. The quantitative estimate of drug-likeness (QED) is 0.301. The summed E-state index contributed by atoms with van der Waals surface area (Å²) in [4.78, 5) is 29.3. The van der Waals surface area contributed by atoms with Crippen LogP contribution in [-0.4, -0.2) is 57.5 Å². The number of ether oxygens (including phenoxy) is 2. The van der Waals surface area contributed by atoms with E-state index in [0.29, 0.717) is 17.9 Å². The number of carbonyl (C=O) groups is 2. The van der Waals surface area contributed by atoms with Crippen LogP contribution in [0.3, 0.4) is 0 Å². The third-order valence-electron chi connectivity index (χ3n) is 7.03. The Balaban J connectivity index is 2.14. The van der Waals surface area contributed by atoms with Gasteiger partial charge in [-0.1, -0.05) is 48.9 Å². The molecule has 2 amide bonds. The van der Waals surface area contributed by atoms with E-state index in [1.165, 1.54) is 37.3 Å². The monoisotopic (exact) mass is 609 g/mol. The topological polar surface area (TPSA) is 105 Å². The molecular formula is C33H43N3O6S. The van der Waals surface area contributed by atoms with Gasteiger partial charge in [0.1, 0.15) is 12.6 Å². The molecule has 0 heterocycles. The molecule has 0 aliphatic rings. The van der Waals surface area contributed by atoms with E-state index in [2.05, 4.69) is 5.32 Å². The minimum absolute atomic E-state index is 0.0312. The standard InChI is InChI=1S/C33H43N3O6S/c1-9-28(32(38)34-33(4,5)6)35(21-25-13-11-10-12-24(25)3)31(37)22-36(26-16-19-29(41-7)30(20-26)42-8)43(39,40)27-17-14-23(2)15-18-27/h10-20,28H,9,21-22H2,1-8H3,(H,34,38). The maximum Gasteiger partial charge on any atom is 0.264 e. The molecule has 0 saturated heterocycles. The van der Waals surface area contributed by atoms with Gasteiger partial charge in [-0.3, -0.25) is 13.9 Å². The lowest BCUT2D eigenvalue weighted by Crippen LogP contribution is -2.55. The lowest BCUT2D eigenvalue weighted by molar-refractivity contribution is -0.141. The van der Waals surface area contributed by atoms with Crippen molar-refractivity contribution in [1.82, 2.24) is 10.2 Å². The van der Waals surface area contributed by atoms with Gasteiger partial charge >= 0.3 is 0 Å². The van der Waals surface area contributed by atoms with E-state index >= 15 is 0 Å². The molecule has 3 rings (SSSR count). The Bertz CT molecular complexity index is 1530. The van der Waals surface area contributed by atoms with Gasteiger partial charge in [0.2, 0.25) is 11.8 Å². The summed E-state index contributed by atoms with van der Waals surface area (Å²) in [5, 5.41) is 2.98. The first-order chi connectivity index (χ1) is 20.2. The van der Waals surface area contributed by atoms with Crippen LogP contribution in [0, 0.1) is 13.8 Å². The first-order valence-electron chi connectivity index (χ1n) is 14.2. The first kappa shape index (κ1) is 33.5. The molecule has 0 aliphatic carbocycles. The molecule has 3 aromatic rings. The van der Waals surface area contributed by atoms with Gasteiger partial charge in [0, 0.05) is 18.2 Å². The van der Waals surface area contributed by atoms with E-state index in [4.69, 9.17) is 9.47 Å². The highest BCUT2D eigenvalue weighted by Crippen LogP contribution is 2.34.